The standard InChI is InChI=1S/C5H11N.C2H5NO2/c1-2-4-6-5-3-1;3-1-2(4)5/h6H,1-5H2;1,3H2,(H,4,5). The highest BCUT2D eigenvalue weighted by Gasteiger charge is 1.93. The first-order chi connectivity index (χ1) is 5.27. The summed E-state index contributed by atoms with van der Waals surface area (Å²) in [6.07, 6.45) is 4.22. The maximum Gasteiger partial charge on any atom is 0.317 e. The maximum absolute atomic E-state index is 9.24. The second-order valence-electron chi connectivity index (χ2n) is 2.41. The summed E-state index contributed by atoms with van der Waals surface area (Å²) in [6.45, 7) is 2.22. The molecule has 4 N–H and O–H groups in total. The molecule has 1 aliphatic heterocycles. The summed E-state index contributed by atoms with van der Waals surface area (Å²) in [4.78, 5) is 9.24. The van der Waals surface area contributed by atoms with E-state index in [9.17, 15) is 4.79 Å². The molecule has 0 bridgehead atoms. The van der Waals surface area contributed by atoms with Crippen LogP contribution in [0.5, 0.6) is 0 Å². The van der Waals surface area contributed by atoms with Gasteiger partial charge in [-0.3, -0.25) is 4.79 Å². The highest BCUT2D eigenvalue weighted by molar-refractivity contribution is 5.68. The van der Waals surface area contributed by atoms with Gasteiger partial charge in [-0.05, 0) is 25.9 Å². The minimum absolute atomic E-state index is 0.278. The zero-order valence-corrected chi connectivity index (χ0v) is 6.68. The molecule has 11 heavy (non-hydrogen) atoms. The summed E-state index contributed by atoms with van der Waals surface area (Å²) in [6, 6.07) is 0. The van der Waals surface area contributed by atoms with Gasteiger partial charge < -0.3 is 16.2 Å². The van der Waals surface area contributed by atoms with Crippen molar-refractivity contribution in [1.29, 1.82) is 0 Å². The van der Waals surface area contributed by atoms with Crippen LogP contribution in [0.2, 0.25) is 0 Å². The van der Waals surface area contributed by atoms with Gasteiger partial charge in [0.25, 0.3) is 0 Å². The Labute approximate surface area is 66.8 Å². The van der Waals surface area contributed by atoms with Gasteiger partial charge in [-0.2, -0.15) is 0 Å². The molecule has 0 aromatic carbocycles. The molecule has 66 valence electrons. The first kappa shape index (κ1) is 10.4. The Bertz CT molecular complexity index is 91.1. The summed E-state index contributed by atoms with van der Waals surface area (Å²) in [5, 5.41) is 10.9. The molecule has 0 aromatic rings. The molecule has 1 rings (SSSR count). The predicted octanol–water partition coefficient (Wildman–Crippen LogP) is -0.210. The normalized spacial score (nSPS) is 16.5. The molecule has 0 aliphatic carbocycles. The summed E-state index contributed by atoms with van der Waals surface area (Å²) in [7, 11) is 0. The van der Waals surface area contributed by atoms with Crippen LogP contribution in [0.25, 0.3) is 0 Å². The van der Waals surface area contributed by atoms with Gasteiger partial charge >= 0.3 is 5.97 Å². The number of carbonyl (C=O) groups is 1. The highest BCUT2D eigenvalue weighted by Crippen LogP contribution is 1.96. The molecule has 1 aliphatic rings. The summed E-state index contributed by atoms with van der Waals surface area (Å²) in [5.74, 6) is -0.968. The van der Waals surface area contributed by atoms with Crippen molar-refractivity contribution in [3.63, 3.8) is 0 Å². The Balaban J connectivity index is 0.000000187. The quantitative estimate of drug-likeness (QED) is 0.496. The number of carboxylic acid groups (broad SMARTS) is 1. The number of hydrogen-bond acceptors (Lipinski definition) is 3. The smallest absolute Gasteiger partial charge is 0.317 e. The predicted molar refractivity (Wildman–Crippen MR) is 43.4 cm³/mol. The fraction of sp³-hybridized carbons (Fsp3) is 0.857. The average Bonchev–Trinajstić information content (AvgIpc) is 2.09. The van der Waals surface area contributed by atoms with E-state index in [1.54, 1.807) is 0 Å². The van der Waals surface area contributed by atoms with Crippen LogP contribution in [0.4, 0.5) is 0 Å². The molecule has 4 heteroatoms. The molecule has 0 radical (unpaired) electrons. The van der Waals surface area contributed by atoms with E-state index in [0.29, 0.717) is 0 Å². The zero-order chi connectivity index (χ0) is 8.53. The van der Waals surface area contributed by atoms with Crippen molar-refractivity contribution in [3.05, 3.63) is 0 Å². The van der Waals surface area contributed by atoms with Crippen molar-refractivity contribution >= 4 is 5.97 Å². The molecular weight excluding hydrogens is 144 g/mol. The molecule has 1 saturated heterocycles. The lowest BCUT2D eigenvalue weighted by molar-refractivity contribution is -0.135. The molecular formula is C7H16N2O2. The van der Waals surface area contributed by atoms with Crippen LogP contribution in [0.1, 0.15) is 19.3 Å². The van der Waals surface area contributed by atoms with E-state index in [1.807, 2.05) is 0 Å². The van der Waals surface area contributed by atoms with Crippen LogP contribution in [-0.4, -0.2) is 30.7 Å². The van der Waals surface area contributed by atoms with Crippen LogP contribution < -0.4 is 11.1 Å². The van der Waals surface area contributed by atoms with Crippen LogP contribution in [0.15, 0.2) is 0 Å². The molecule has 0 unspecified atom stereocenters. The number of piperidine rings is 1. The van der Waals surface area contributed by atoms with Gasteiger partial charge in [0.05, 0.1) is 6.54 Å². The van der Waals surface area contributed by atoms with Crippen molar-refractivity contribution in [2.45, 2.75) is 19.3 Å². The van der Waals surface area contributed by atoms with Gasteiger partial charge in [-0.15, -0.1) is 0 Å². The number of rotatable bonds is 1. The molecule has 1 heterocycles. The van der Waals surface area contributed by atoms with E-state index in [-0.39, 0.29) is 6.54 Å². The van der Waals surface area contributed by atoms with Crippen molar-refractivity contribution in [2.24, 2.45) is 5.73 Å². The summed E-state index contributed by atoms with van der Waals surface area (Å²) < 4.78 is 0. The Morgan fingerprint density at radius 1 is 1.36 bits per heavy atom. The lowest BCUT2D eigenvalue weighted by atomic mass is 10.2. The van der Waals surface area contributed by atoms with Gasteiger partial charge in [0, 0.05) is 0 Å². The molecule has 0 amide bonds. The van der Waals surface area contributed by atoms with E-state index in [1.165, 1.54) is 32.4 Å². The van der Waals surface area contributed by atoms with Crippen LogP contribution >= 0.6 is 0 Å². The van der Waals surface area contributed by atoms with E-state index in [2.05, 4.69) is 11.1 Å². The number of hydrogen-bond donors (Lipinski definition) is 3. The second kappa shape index (κ2) is 7.50. The third-order valence-electron chi connectivity index (χ3n) is 1.38. The second-order valence-corrected chi connectivity index (χ2v) is 2.41. The SMILES string of the molecule is C1CCNCC1.NCC(=O)O. The van der Waals surface area contributed by atoms with E-state index < -0.39 is 5.97 Å². The van der Waals surface area contributed by atoms with E-state index in [4.69, 9.17) is 5.11 Å². The van der Waals surface area contributed by atoms with Crippen LogP contribution in [-0.2, 0) is 4.79 Å². The van der Waals surface area contributed by atoms with Gasteiger partial charge in [-0.25, -0.2) is 0 Å². The fourth-order valence-electron chi connectivity index (χ4n) is 0.802. The van der Waals surface area contributed by atoms with Crippen molar-refractivity contribution in [2.75, 3.05) is 19.6 Å². The van der Waals surface area contributed by atoms with Crippen LogP contribution in [0.3, 0.4) is 0 Å². The topological polar surface area (TPSA) is 75.3 Å². The Kier molecular flexibility index (Phi) is 7.08. The lowest BCUT2D eigenvalue weighted by Crippen LogP contribution is -2.21. The Morgan fingerprint density at radius 2 is 1.82 bits per heavy atom. The average molecular weight is 160 g/mol. The van der Waals surface area contributed by atoms with Gasteiger partial charge in [0.2, 0.25) is 0 Å². The first-order valence-electron chi connectivity index (χ1n) is 3.90. The summed E-state index contributed by atoms with van der Waals surface area (Å²) in [5.41, 5.74) is 4.57. The van der Waals surface area contributed by atoms with E-state index in [0.717, 1.165) is 0 Å². The molecule has 1 fully saturated rings. The van der Waals surface area contributed by atoms with Crippen molar-refractivity contribution in [3.8, 4) is 0 Å². The first-order valence-corrected chi connectivity index (χ1v) is 3.90. The molecule has 0 aromatic heterocycles. The van der Waals surface area contributed by atoms with Gasteiger partial charge in [0.1, 0.15) is 0 Å². The Hall–Kier alpha value is -0.610. The number of carboxylic acids is 1. The Morgan fingerprint density at radius 3 is 1.91 bits per heavy atom. The third kappa shape index (κ3) is 9.39. The number of nitrogens with one attached hydrogen (secondary N) is 1. The monoisotopic (exact) mass is 160 g/mol. The summed E-state index contributed by atoms with van der Waals surface area (Å²) >= 11 is 0. The molecule has 0 spiro atoms. The minimum Gasteiger partial charge on any atom is -0.480 e. The number of nitrogens with two attached hydrogens (primary N) is 1. The van der Waals surface area contributed by atoms with E-state index >= 15 is 0 Å². The lowest BCUT2D eigenvalue weighted by Gasteiger charge is -2.08. The molecule has 4 nitrogen and oxygen atoms in total. The third-order valence-corrected chi connectivity index (χ3v) is 1.38. The van der Waals surface area contributed by atoms with Crippen molar-refractivity contribution < 1.29 is 9.90 Å². The molecule has 0 saturated carbocycles. The zero-order valence-electron chi connectivity index (χ0n) is 6.68. The van der Waals surface area contributed by atoms with Crippen molar-refractivity contribution in [1.82, 2.24) is 5.32 Å². The van der Waals surface area contributed by atoms with Crippen LogP contribution in [0, 0.1) is 0 Å². The largest absolute Gasteiger partial charge is 0.480 e. The minimum atomic E-state index is -0.968. The fourth-order valence-corrected chi connectivity index (χ4v) is 0.802. The maximum atomic E-state index is 9.24. The molecule has 0 atom stereocenters. The van der Waals surface area contributed by atoms with Gasteiger partial charge in [-0.1, -0.05) is 6.42 Å². The van der Waals surface area contributed by atoms with Gasteiger partial charge in [0.15, 0.2) is 0 Å². The highest BCUT2D eigenvalue weighted by atomic mass is 16.4. The number of aliphatic carboxylic acids is 1.